The number of ether oxygens (including phenoxy) is 2. The van der Waals surface area contributed by atoms with Gasteiger partial charge in [0.2, 0.25) is 0 Å². The first-order valence-electron chi connectivity index (χ1n) is 9.99. The molecule has 2 N–H and O–H groups in total. The second-order valence-electron chi connectivity index (χ2n) is 7.19. The van der Waals surface area contributed by atoms with Crippen LogP contribution in [0.1, 0.15) is 30.4 Å². The Morgan fingerprint density at radius 3 is 2.93 bits per heavy atom. The smallest absolute Gasteiger partial charge is 0.162 e. The minimum Gasteiger partial charge on any atom is -0.493 e. The Morgan fingerprint density at radius 2 is 2.10 bits per heavy atom. The summed E-state index contributed by atoms with van der Waals surface area (Å²) in [4.78, 5) is 4.47. The van der Waals surface area contributed by atoms with Gasteiger partial charge < -0.3 is 20.1 Å². The van der Waals surface area contributed by atoms with E-state index in [-0.39, 0.29) is 0 Å². The topological polar surface area (TPSA) is 79.2 Å². The van der Waals surface area contributed by atoms with Crippen molar-refractivity contribution in [3.8, 4) is 17.6 Å². The molecule has 154 valence electrons. The quantitative estimate of drug-likeness (QED) is 0.508. The van der Waals surface area contributed by atoms with Crippen molar-refractivity contribution in [2.75, 3.05) is 25.6 Å². The van der Waals surface area contributed by atoms with Crippen LogP contribution in [-0.4, -0.2) is 25.2 Å². The van der Waals surface area contributed by atoms with E-state index >= 15 is 0 Å². The van der Waals surface area contributed by atoms with Crippen molar-refractivity contribution in [1.82, 2.24) is 10.3 Å². The molecule has 0 unspecified atom stereocenters. The van der Waals surface area contributed by atoms with Crippen LogP contribution in [0.15, 0.2) is 41.0 Å². The number of anilines is 2. The number of benzene rings is 2. The summed E-state index contributed by atoms with van der Waals surface area (Å²) in [5.41, 5.74) is 3.99. The lowest BCUT2D eigenvalue weighted by molar-refractivity contribution is 0.285. The Balaban J connectivity index is 1.90. The number of halogens is 1. The Hall–Kier alpha value is -2.82. The highest BCUT2D eigenvalue weighted by atomic mass is 79.9. The first-order valence-corrected chi connectivity index (χ1v) is 10.8. The number of pyridine rings is 1. The zero-order chi connectivity index (χ0) is 20.9. The number of nitrogens with zero attached hydrogens (tertiary/aromatic N) is 2. The van der Waals surface area contributed by atoms with Crippen LogP contribution >= 0.6 is 15.9 Å². The highest BCUT2D eigenvalue weighted by Crippen LogP contribution is 2.38. The van der Waals surface area contributed by atoms with E-state index in [9.17, 15) is 5.26 Å². The van der Waals surface area contributed by atoms with Gasteiger partial charge in [-0.3, -0.25) is 4.98 Å². The van der Waals surface area contributed by atoms with Gasteiger partial charge in [0, 0.05) is 34.4 Å². The van der Waals surface area contributed by atoms with E-state index in [2.05, 4.69) is 43.7 Å². The molecule has 0 amide bonds. The number of nitrogens with one attached hydrogen (secondary N) is 2. The van der Waals surface area contributed by atoms with Gasteiger partial charge in [0.05, 0.1) is 30.5 Å². The molecule has 0 fully saturated rings. The monoisotopic (exact) mass is 466 g/mol. The van der Waals surface area contributed by atoms with Gasteiger partial charge in [0.1, 0.15) is 6.07 Å². The van der Waals surface area contributed by atoms with Gasteiger partial charge in [-0.25, -0.2) is 0 Å². The zero-order valence-electron chi connectivity index (χ0n) is 16.8. The third kappa shape index (κ3) is 4.35. The normalized spacial score (nSPS) is 14.6. The number of aromatic nitrogens is 1. The van der Waals surface area contributed by atoms with Gasteiger partial charge >= 0.3 is 0 Å². The van der Waals surface area contributed by atoms with Crippen LogP contribution in [0.2, 0.25) is 0 Å². The fourth-order valence-electron chi connectivity index (χ4n) is 3.58. The maximum Gasteiger partial charge on any atom is 0.162 e. The summed E-state index contributed by atoms with van der Waals surface area (Å²) in [5.74, 6) is 1.30. The second kappa shape index (κ2) is 9.33. The van der Waals surface area contributed by atoms with E-state index in [0.717, 1.165) is 59.0 Å². The number of nitriles is 1. The first kappa shape index (κ1) is 20.5. The fourth-order valence-corrected chi connectivity index (χ4v) is 3.94. The Morgan fingerprint density at radius 1 is 1.20 bits per heavy atom. The molecule has 0 radical (unpaired) electrons. The maximum absolute atomic E-state index is 9.73. The van der Waals surface area contributed by atoms with Crippen molar-refractivity contribution in [2.45, 2.75) is 25.8 Å². The highest BCUT2D eigenvalue weighted by Gasteiger charge is 2.16. The predicted octanol–water partition coefficient (Wildman–Crippen LogP) is 5.27. The second-order valence-corrected chi connectivity index (χ2v) is 8.11. The average Bonchev–Trinajstić information content (AvgIpc) is 2.76. The van der Waals surface area contributed by atoms with Crippen molar-refractivity contribution in [3.63, 3.8) is 0 Å². The van der Waals surface area contributed by atoms with Crippen molar-refractivity contribution in [1.29, 1.82) is 5.26 Å². The van der Waals surface area contributed by atoms with Crippen molar-refractivity contribution < 1.29 is 9.47 Å². The SMILES string of the molecule is COc1cc2ncc(C#N)c3c2cc1OCCCCCNCc1ccc(Br)cc1N3. The number of hydrogen-bond donors (Lipinski definition) is 2. The molecule has 2 bridgehead atoms. The zero-order valence-corrected chi connectivity index (χ0v) is 18.4. The third-order valence-corrected chi connectivity index (χ3v) is 5.67. The molecule has 0 spiro atoms. The largest absolute Gasteiger partial charge is 0.493 e. The maximum atomic E-state index is 9.73. The lowest BCUT2D eigenvalue weighted by Crippen LogP contribution is -2.16. The van der Waals surface area contributed by atoms with Crippen LogP contribution in [0.4, 0.5) is 11.4 Å². The molecule has 1 aliphatic rings. The fraction of sp³-hybridized carbons (Fsp3) is 0.304. The summed E-state index contributed by atoms with van der Waals surface area (Å²) < 4.78 is 12.5. The molecule has 0 saturated heterocycles. The molecule has 6 nitrogen and oxygen atoms in total. The standard InChI is InChI=1S/C23H23BrN4O2/c1-29-21-11-20-18-10-22(21)30-8-4-2-3-7-26-13-15-5-6-17(24)9-19(15)28-23(18)16(12-25)14-27-20/h5-6,9-11,14,26,28H,2-4,7-8,13H2,1H3. The minimum absolute atomic E-state index is 0.474. The minimum atomic E-state index is 0.474. The summed E-state index contributed by atoms with van der Waals surface area (Å²) in [5, 5.41) is 17.6. The van der Waals surface area contributed by atoms with Gasteiger partial charge in [-0.05, 0) is 49.6 Å². The number of fused-ring (bicyclic) bond motifs is 2. The highest BCUT2D eigenvalue weighted by molar-refractivity contribution is 9.10. The summed E-state index contributed by atoms with van der Waals surface area (Å²) in [6.45, 7) is 2.30. The molecule has 0 atom stereocenters. The van der Waals surface area contributed by atoms with Gasteiger partial charge in [-0.2, -0.15) is 5.26 Å². The van der Waals surface area contributed by atoms with E-state index in [1.807, 2.05) is 24.3 Å². The van der Waals surface area contributed by atoms with E-state index < -0.39 is 0 Å². The van der Waals surface area contributed by atoms with E-state index in [4.69, 9.17) is 9.47 Å². The number of hydrogen-bond acceptors (Lipinski definition) is 6. The molecule has 2 aromatic carbocycles. The van der Waals surface area contributed by atoms with Crippen LogP contribution in [0.3, 0.4) is 0 Å². The van der Waals surface area contributed by atoms with Gasteiger partial charge in [0.15, 0.2) is 11.5 Å². The Kier molecular flexibility index (Phi) is 6.36. The average molecular weight is 467 g/mol. The number of rotatable bonds is 1. The van der Waals surface area contributed by atoms with Crippen LogP contribution in [0, 0.1) is 11.3 Å². The van der Waals surface area contributed by atoms with Gasteiger partial charge in [-0.15, -0.1) is 0 Å². The summed E-state index contributed by atoms with van der Waals surface area (Å²) >= 11 is 3.56. The Bertz CT molecular complexity index is 1110. The molecule has 2 heterocycles. The number of methoxy groups -OCH3 is 1. The summed E-state index contributed by atoms with van der Waals surface area (Å²) in [6.07, 6.45) is 4.73. The van der Waals surface area contributed by atoms with E-state index in [1.165, 1.54) is 0 Å². The van der Waals surface area contributed by atoms with Gasteiger partial charge in [0.25, 0.3) is 0 Å². The molecule has 0 aliphatic carbocycles. The Labute approximate surface area is 184 Å². The van der Waals surface area contributed by atoms with Gasteiger partial charge in [-0.1, -0.05) is 22.0 Å². The molecular formula is C23H23BrN4O2. The molecule has 3 aromatic rings. The van der Waals surface area contributed by atoms with E-state index in [1.54, 1.807) is 13.3 Å². The molecule has 1 aliphatic heterocycles. The van der Waals surface area contributed by atoms with Crippen LogP contribution in [0.5, 0.6) is 11.5 Å². The molecular weight excluding hydrogens is 444 g/mol. The summed E-state index contributed by atoms with van der Waals surface area (Å²) in [6, 6.07) is 12.2. The summed E-state index contributed by atoms with van der Waals surface area (Å²) in [7, 11) is 1.62. The molecule has 30 heavy (non-hydrogen) atoms. The van der Waals surface area contributed by atoms with Crippen LogP contribution < -0.4 is 20.1 Å². The predicted molar refractivity (Wildman–Crippen MR) is 121 cm³/mol. The molecule has 1 aromatic heterocycles. The first-order chi connectivity index (χ1) is 14.7. The lowest BCUT2D eigenvalue weighted by atomic mass is 10.1. The molecule has 0 saturated carbocycles. The van der Waals surface area contributed by atoms with Crippen molar-refractivity contribution in [2.24, 2.45) is 0 Å². The van der Waals surface area contributed by atoms with E-state index in [0.29, 0.717) is 29.4 Å². The molecule has 4 rings (SSSR count). The van der Waals surface area contributed by atoms with Crippen molar-refractivity contribution in [3.05, 3.63) is 52.1 Å². The lowest BCUT2D eigenvalue weighted by Gasteiger charge is -2.17. The van der Waals surface area contributed by atoms with Crippen LogP contribution in [-0.2, 0) is 6.54 Å². The third-order valence-electron chi connectivity index (χ3n) is 5.18. The van der Waals surface area contributed by atoms with Crippen LogP contribution in [0.25, 0.3) is 10.9 Å². The van der Waals surface area contributed by atoms with Crippen molar-refractivity contribution >= 4 is 38.2 Å². The molecule has 7 heteroatoms.